The SMILES string of the molecule is COc1ccc(C(CC2=CC=CC(C)N2C)C(=O)c2ccc(C)s2)c(NC(=O)OC(C)(C)C)c1. The second-order valence-electron chi connectivity index (χ2n) is 9.51. The van der Waals surface area contributed by atoms with E-state index >= 15 is 0 Å². The number of hydrogen-bond acceptors (Lipinski definition) is 6. The Labute approximate surface area is 206 Å². The van der Waals surface area contributed by atoms with E-state index < -0.39 is 17.6 Å². The highest BCUT2D eigenvalue weighted by Crippen LogP contribution is 2.37. The van der Waals surface area contributed by atoms with Gasteiger partial charge in [-0.2, -0.15) is 0 Å². The van der Waals surface area contributed by atoms with Crippen LogP contribution in [-0.2, 0) is 4.74 Å². The molecule has 1 amide bonds. The molecule has 0 radical (unpaired) electrons. The Kier molecular flexibility index (Phi) is 7.87. The number of ketones is 1. The van der Waals surface area contributed by atoms with Crippen LogP contribution in [0.15, 0.2) is 54.3 Å². The van der Waals surface area contributed by atoms with Crippen LogP contribution in [0.4, 0.5) is 10.5 Å². The molecule has 0 bridgehead atoms. The first-order valence-electron chi connectivity index (χ1n) is 11.4. The van der Waals surface area contributed by atoms with Crippen molar-refractivity contribution >= 4 is 28.9 Å². The minimum Gasteiger partial charge on any atom is -0.497 e. The number of hydrogen-bond donors (Lipinski definition) is 1. The molecule has 1 N–H and O–H groups in total. The van der Waals surface area contributed by atoms with E-state index in [2.05, 4.69) is 23.2 Å². The third-order valence-electron chi connectivity index (χ3n) is 5.73. The van der Waals surface area contributed by atoms with E-state index in [0.717, 1.165) is 16.1 Å². The zero-order chi connectivity index (χ0) is 25.0. The van der Waals surface area contributed by atoms with Crippen LogP contribution in [0.25, 0.3) is 0 Å². The maximum Gasteiger partial charge on any atom is 0.412 e. The molecule has 7 heteroatoms. The van der Waals surface area contributed by atoms with Gasteiger partial charge in [0.05, 0.1) is 23.6 Å². The van der Waals surface area contributed by atoms with Crippen molar-refractivity contribution in [2.75, 3.05) is 19.5 Å². The predicted molar refractivity (Wildman–Crippen MR) is 138 cm³/mol. The van der Waals surface area contributed by atoms with Gasteiger partial charge in [-0.25, -0.2) is 4.79 Å². The number of anilines is 1. The van der Waals surface area contributed by atoms with Crippen molar-refractivity contribution in [2.24, 2.45) is 0 Å². The second kappa shape index (κ2) is 10.5. The van der Waals surface area contributed by atoms with Gasteiger partial charge in [0.25, 0.3) is 0 Å². The number of aryl methyl sites for hydroxylation is 1. The van der Waals surface area contributed by atoms with Crippen molar-refractivity contribution in [1.82, 2.24) is 4.90 Å². The Hall–Kier alpha value is -3.06. The molecule has 0 saturated carbocycles. The highest BCUT2D eigenvalue weighted by atomic mass is 32.1. The molecule has 3 rings (SSSR count). The molecule has 2 aromatic rings. The van der Waals surface area contributed by atoms with Gasteiger partial charge in [0.1, 0.15) is 11.4 Å². The molecule has 34 heavy (non-hydrogen) atoms. The van der Waals surface area contributed by atoms with Gasteiger partial charge >= 0.3 is 6.09 Å². The zero-order valence-electron chi connectivity index (χ0n) is 21.0. The quantitative estimate of drug-likeness (QED) is 0.454. The largest absolute Gasteiger partial charge is 0.497 e. The third kappa shape index (κ3) is 6.29. The van der Waals surface area contributed by atoms with Gasteiger partial charge in [0.2, 0.25) is 0 Å². The van der Waals surface area contributed by atoms with Crippen LogP contribution in [0.1, 0.15) is 60.1 Å². The molecule has 1 aliphatic heterocycles. The lowest BCUT2D eigenvalue weighted by Crippen LogP contribution is -2.31. The first-order valence-corrected chi connectivity index (χ1v) is 12.2. The molecule has 0 fully saturated rings. The van der Waals surface area contributed by atoms with Crippen LogP contribution < -0.4 is 10.1 Å². The summed E-state index contributed by atoms with van der Waals surface area (Å²) in [6.45, 7) is 9.54. The number of Topliss-reactive ketones (excluding diaryl/α,β-unsaturated/α-hetero) is 1. The van der Waals surface area contributed by atoms with E-state index in [0.29, 0.717) is 22.7 Å². The maximum absolute atomic E-state index is 13.8. The van der Waals surface area contributed by atoms with E-state index in [1.807, 2.05) is 71.2 Å². The Bertz CT molecular complexity index is 1110. The summed E-state index contributed by atoms with van der Waals surface area (Å²) >= 11 is 1.48. The van der Waals surface area contributed by atoms with E-state index in [4.69, 9.17) is 9.47 Å². The number of amides is 1. The number of thiophene rings is 1. The number of carbonyl (C=O) groups is 2. The summed E-state index contributed by atoms with van der Waals surface area (Å²) in [5.41, 5.74) is 1.63. The molecule has 0 aliphatic carbocycles. The first kappa shape index (κ1) is 25.6. The first-order chi connectivity index (χ1) is 16.0. The van der Waals surface area contributed by atoms with Gasteiger partial charge in [0.15, 0.2) is 5.78 Å². The average molecular weight is 483 g/mol. The summed E-state index contributed by atoms with van der Waals surface area (Å²) in [7, 11) is 3.60. The number of nitrogens with zero attached hydrogens (tertiary/aromatic N) is 1. The predicted octanol–water partition coefficient (Wildman–Crippen LogP) is 6.54. The van der Waals surface area contributed by atoms with Crippen LogP contribution in [0, 0.1) is 6.92 Å². The van der Waals surface area contributed by atoms with Gasteiger partial charge in [-0.1, -0.05) is 18.2 Å². The van der Waals surface area contributed by atoms with E-state index in [1.54, 1.807) is 13.2 Å². The van der Waals surface area contributed by atoms with Crippen molar-refractivity contribution in [3.8, 4) is 5.75 Å². The highest BCUT2D eigenvalue weighted by molar-refractivity contribution is 7.14. The molecule has 1 aromatic heterocycles. The van der Waals surface area contributed by atoms with Crippen LogP contribution in [0.2, 0.25) is 0 Å². The molecule has 2 heterocycles. The summed E-state index contributed by atoms with van der Waals surface area (Å²) in [4.78, 5) is 30.4. The fourth-order valence-electron chi connectivity index (χ4n) is 3.83. The topological polar surface area (TPSA) is 67.9 Å². The lowest BCUT2D eigenvalue weighted by molar-refractivity contribution is 0.0635. The lowest BCUT2D eigenvalue weighted by atomic mass is 9.87. The Balaban J connectivity index is 2.05. The van der Waals surface area contributed by atoms with Crippen molar-refractivity contribution in [2.45, 2.75) is 58.6 Å². The number of allylic oxidation sites excluding steroid dienone is 3. The van der Waals surface area contributed by atoms with Crippen molar-refractivity contribution < 1.29 is 19.1 Å². The Morgan fingerprint density at radius 2 is 1.94 bits per heavy atom. The average Bonchev–Trinajstić information content (AvgIpc) is 3.19. The molecule has 1 aliphatic rings. The summed E-state index contributed by atoms with van der Waals surface area (Å²) < 4.78 is 10.9. The fraction of sp³-hybridized carbons (Fsp3) is 0.407. The molecular formula is C27H34N2O4S. The molecule has 2 atom stereocenters. The normalized spacial score (nSPS) is 16.6. The molecule has 0 spiro atoms. The molecule has 1 aromatic carbocycles. The Morgan fingerprint density at radius 3 is 2.56 bits per heavy atom. The molecule has 0 saturated heterocycles. The van der Waals surface area contributed by atoms with Gasteiger partial charge < -0.3 is 14.4 Å². The van der Waals surface area contributed by atoms with Crippen molar-refractivity contribution in [3.05, 3.63) is 69.6 Å². The van der Waals surface area contributed by atoms with Gasteiger partial charge in [-0.15, -0.1) is 11.3 Å². The van der Waals surface area contributed by atoms with E-state index in [-0.39, 0.29) is 11.8 Å². The third-order valence-corrected chi connectivity index (χ3v) is 6.74. The maximum atomic E-state index is 13.8. The number of methoxy groups -OCH3 is 1. The highest BCUT2D eigenvalue weighted by Gasteiger charge is 2.30. The Morgan fingerprint density at radius 1 is 1.21 bits per heavy atom. The summed E-state index contributed by atoms with van der Waals surface area (Å²) in [5, 5.41) is 2.85. The van der Waals surface area contributed by atoms with Crippen molar-refractivity contribution in [3.63, 3.8) is 0 Å². The number of carbonyl (C=O) groups excluding carboxylic acids is 2. The van der Waals surface area contributed by atoms with E-state index in [9.17, 15) is 9.59 Å². The summed E-state index contributed by atoms with van der Waals surface area (Å²) in [6, 6.07) is 9.48. The van der Waals surface area contributed by atoms with Gasteiger partial charge in [-0.3, -0.25) is 10.1 Å². The molecule has 6 nitrogen and oxygen atoms in total. The number of benzene rings is 1. The van der Waals surface area contributed by atoms with Crippen LogP contribution >= 0.6 is 11.3 Å². The van der Waals surface area contributed by atoms with E-state index in [1.165, 1.54) is 11.3 Å². The standard InChI is InChI=1S/C27H34N2O4S/c1-17-9-8-10-19(29(17)6)15-22(25(30)24-14-11-18(2)34-24)21-13-12-20(32-7)16-23(21)28-26(31)33-27(3,4)5/h8-14,16-17,22H,15H2,1-7H3,(H,28,31). The molecule has 2 unspecified atom stereocenters. The van der Waals surface area contributed by atoms with Gasteiger partial charge in [0, 0.05) is 36.2 Å². The lowest BCUT2D eigenvalue weighted by Gasteiger charge is -2.32. The van der Waals surface area contributed by atoms with Gasteiger partial charge in [-0.05, 0) is 64.5 Å². The second-order valence-corrected chi connectivity index (χ2v) is 10.8. The molecular weight excluding hydrogens is 448 g/mol. The zero-order valence-corrected chi connectivity index (χ0v) is 21.8. The molecule has 182 valence electrons. The van der Waals surface area contributed by atoms with Crippen LogP contribution in [0.5, 0.6) is 5.75 Å². The summed E-state index contributed by atoms with van der Waals surface area (Å²) in [6.07, 6.45) is 6.11. The van der Waals surface area contributed by atoms with Crippen molar-refractivity contribution in [1.29, 1.82) is 0 Å². The number of rotatable bonds is 7. The monoisotopic (exact) mass is 482 g/mol. The minimum atomic E-state index is -0.648. The smallest absolute Gasteiger partial charge is 0.412 e. The van der Waals surface area contributed by atoms with Crippen LogP contribution in [-0.4, -0.2) is 42.6 Å². The number of nitrogens with one attached hydrogen (secondary N) is 1. The summed E-state index contributed by atoms with van der Waals surface area (Å²) in [5.74, 6) is 0.104. The number of likely N-dealkylation sites (N-methyl/N-ethyl adjacent to an activating group) is 1. The van der Waals surface area contributed by atoms with Crippen LogP contribution in [0.3, 0.4) is 0 Å². The number of ether oxygens (including phenoxy) is 2. The fourth-order valence-corrected chi connectivity index (χ4v) is 4.69. The minimum absolute atomic E-state index is 0.0204.